The zero-order valence-corrected chi connectivity index (χ0v) is 16.4. The summed E-state index contributed by atoms with van der Waals surface area (Å²) in [6.07, 6.45) is 23.6. The Kier molecular flexibility index (Phi) is 14.4. The van der Waals surface area contributed by atoms with Gasteiger partial charge >= 0.3 is 0 Å². The maximum atomic E-state index is 9.01. The summed E-state index contributed by atoms with van der Waals surface area (Å²) in [5, 5.41) is 12.3. The van der Waals surface area contributed by atoms with Gasteiger partial charge in [-0.05, 0) is 19.3 Å². The van der Waals surface area contributed by atoms with Crippen LogP contribution in [0.4, 0.5) is 0 Å². The quantitative estimate of drug-likeness (QED) is 0.283. The number of unbranched alkanes of at least 4 members (excludes halogenated alkanes) is 11. The van der Waals surface area contributed by atoms with Crippen LogP contribution in [0.15, 0.2) is 28.8 Å². The molecular formula is C22H40N2O. The van der Waals surface area contributed by atoms with Gasteiger partial charge in [-0.25, -0.2) is 0 Å². The van der Waals surface area contributed by atoms with Gasteiger partial charge in [0.1, 0.15) is 5.84 Å². The Morgan fingerprint density at radius 3 is 2.16 bits per heavy atom. The fourth-order valence-corrected chi connectivity index (χ4v) is 3.19. The van der Waals surface area contributed by atoms with E-state index < -0.39 is 0 Å². The molecule has 0 aromatic rings. The van der Waals surface area contributed by atoms with E-state index in [0.717, 1.165) is 30.9 Å². The first-order valence-corrected chi connectivity index (χ1v) is 10.6. The Morgan fingerprint density at radius 2 is 1.60 bits per heavy atom. The van der Waals surface area contributed by atoms with Gasteiger partial charge < -0.3 is 10.4 Å². The fourth-order valence-electron chi connectivity index (χ4n) is 3.19. The summed E-state index contributed by atoms with van der Waals surface area (Å²) in [6, 6.07) is 0. The molecule has 0 bridgehead atoms. The number of aliphatic hydroxyl groups is 1. The monoisotopic (exact) mass is 348 g/mol. The van der Waals surface area contributed by atoms with Crippen LogP contribution in [0.1, 0.15) is 90.4 Å². The van der Waals surface area contributed by atoms with Gasteiger partial charge in [-0.15, -0.1) is 0 Å². The second-order valence-electron chi connectivity index (χ2n) is 7.06. The van der Waals surface area contributed by atoms with Gasteiger partial charge in [0.05, 0.1) is 6.54 Å². The van der Waals surface area contributed by atoms with Crippen molar-refractivity contribution in [3.63, 3.8) is 0 Å². The molecule has 0 radical (unpaired) electrons. The average molecular weight is 349 g/mol. The highest BCUT2D eigenvalue weighted by molar-refractivity contribution is 6.01. The first-order valence-electron chi connectivity index (χ1n) is 10.6. The van der Waals surface area contributed by atoms with Crippen LogP contribution >= 0.6 is 0 Å². The zero-order chi connectivity index (χ0) is 18.0. The number of hydrogen-bond acceptors (Lipinski definition) is 3. The summed E-state index contributed by atoms with van der Waals surface area (Å²) in [5.74, 6) is 0.989. The number of nitrogens with one attached hydrogen (secondary N) is 1. The van der Waals surface area contributed by atoms with Crippen LogP contribution in [0.3, 0.4) is 0 Å². The lowest BCUT2D eigenvalue weighted by Gasteiger charge is -2.04. The fraction of sp³-hybridized carbons (Fsp3) is 0.773. The molecule has 0 aromatic heterocycles. The summed E-state index contributed by atoms with van der Waals surface area (Å²) in [6.45, 7) is 4.26. The minimum absolute atomic E-state index is 0.198. The summed E-state index contributed by atoms with van der Waals surface area (Å²) >= 11 is 0. The predicted octanol–water partition coefficient (Wildman–Crippen LogP) is 5.55. The lowest BCUT2D eigenvalue weighted by atomic mass is 10.0. The summed E-state index contributed by atoms with van der Waals surface area (Å²) in [4.78, 5) is 4.47. The molecule has 1 rings (SSSR count). The Bertz CT molecular complexity index is 399. The number of nitrogens with zero attached hydrogens (tertiary/aromatic N) is 1. The second-order valence-corrected chi connectivity index (χ2v) is 7.06. The van der Waals surface area contributed by atoms with Crippen LogP contribution in [0.5, 0.6) is 0 Å². The molecule has 0 fully saturated rings. The van der Waals surface area contributed by atoms with Crippen molar-refractivity contribution in [2.75, 3.05) is 19.7 Å². The normalized spacial score (nSPS) is 15.0. The minimum Gasteiger partial charge on any atom is -0.396 e. The smallest absolute Gasteiger partial charge is 0.128 e. The average Bonchev–Trinajstić information content (AvgIpc) is 3.16. The van der Waals surface area contributed by atoms with Gasteiger partial charge in [0.25, 0.3) is 0 Å². The number of allylic oxidation sites excluding steroid dienone is 1. The van der Waals surface area contributed by atoms with Gasteiger partial charge in [-0.2, -0.15) is 0 Å². The van der Waals surface area contributed by atoms with E-state index >= 15 is 0 Å². The van der Waals surface area contributed by atoms with E-state index in [9.17, 15) is 0 Å². The third kappa shape index (κ3) is 12.0. The molecule has 0 unspecified atom stereocenters. The van der Waals surface area contributed by atoms with E-state index in [1.54, 1.807) is 0 Å². The first kappa shape index (κ1) is 22.0. The SMILES string of the molecule is CCCCCCCCCCCCCC=CC(=CCCO)C1=NCCN1. The van der Waals surface area contributed by atoms with Crippen molar-refractivity contribution in [3.8, 4) is 0 Å². The van der Waals surface area contributed by atoms with Crippen molar-refractivity contribution in [2.45, 2.75) is 90.4 Å². The van der Waals surface area contributed by atoms with Crippen molar-refractivity contribution in [1.29, 1.82) is 0 Å². The molecule has 1 aliphatic rings. The summed E-state index contributed by atoms with van der Waals surface area (Å²) in [5.41, 5.74) is 1.13. The number of aliphatic imine (C=N–C) groups is 1. The van der Waals surface area contributed by atoms with Crippen molar-refractivity contribution < 1.29 is 5.11 Å². The van der Waals surface area contributed by atoms with Crippen LogP contribution in [0, 0.1) is 0 Å². The van der Waals surface area contributed by atoms with Gasteiger partial charge in [-0.1, -0.05) is 89.4 Å². The maximum absolute atomic E-state index is 9.01. The van der Waals surface area contributed by atoms with Gasteiger partial charge in [0.15, 0.2) is 0 Å². The molecule has 0 atom stereocenters. The molecule has 0 aliphatic carbocycles. The number of aliphatic hydroxyl groups excluding tert-OH is 1. The number of rotatable bonds is 16. The van der Waals surface area contributed by atoms with Gasteiger partial charge in [0.2, 0.25) is 0 Å². The molecule has 1 heterocycles. The highest BCUT2D eigenvalue weighted by atomic mass is 16.2. The van der Waals surface area contributed by atoms with E-state index in [1.807, 2.05) is 0 Å². The van der Waals surface area contributed by atoms with E-state index in [-0.39, 0.29) is 6.61 Å². The largest absolute Gasteiger partial charge is 0.396 e. The van der Waals surface area contributed by atoms with Crippen LogP contribution in [0.2, 0.25) is 0 Å². The highest BCUT2D eigenvalue weighted by Crippen LogP contribution is 2.12. The summed E-state index contributed by atoms with van der Waals surface area (Å²) < 4.78 is 0. The molecule has 25 heavy (non-hydrogen) atoms. The third-order valence-electron chi connectivity index (χ3n) is 4.71. The first-order chi connectivity index (χ1) is 12.4. The van der Waals surface area contributed by atoms with Crippen LogP contribution in [-0.4, -0.2) is 30.6 Å². The minimum atomic E-state index is 0.198. The van der Waals surface area contributed by atoms with Crippen LogP contribution in [-0.2, 0) is 0 Å². The van der Waals surface area contributed by atoms with E-state index in [2.05, 4.69) is 35.5 Å². The van der Waals surface area contributed by atoms with Crippen molar-refractivity contribution in [1.82, 2.24) is 5.32 Å². The molecule has 0 saturated heterocycles. The highest BCUT2D eigenvalue weighted by Gasteiger charge is 2.07. The molecule has 0 spiro atoms. The van der Waals surface area contributed by atoms with Crippen LogP contribution < -0.4 is 5.32 Å². The lowest BCUT2D eigenvalue weighted by Crippen LogP contribution is -2.19. The molecule has 0 saturated carbocycles. The molecule has 3 nitrogen and oxygen atoms in total. The molecule has 3 heteroatoms. The Balaban J connectivity index is 2.01. The Hall–Kier alpha value is -1.09. The topological polar surface area (TPSA) is 44.6 Å². The number of amidine groups is 1. The van der Waals surface area contributed by atoms with E-state index in [1.165, 1.54) is 70.6 Å². The van der Waals surface area contributed by atoms with Crippen LogP contribution in [0.25, 0.3) is 0 Å². The van der Waals surface area contributed by atoms with Crippen molar-refractivity contribution in [3.05, 3.63) is 23.8 Å². The zero-order valence-electron chi connectivity index (χ0n) is 16.4. The van der Waals surface area contributed by atoms with E-state index in [0.29, 0.717) is 6.42 Å². The second kappa shape index (κ2) is 16.4. The summed E-state index contributed by atoms with van der Waals surface area (Å²) in [7, 11) is 0. The molecule has 144 valence electrons. The molecule has 1 aliphatic heterocycles. The third-order valence-corrected chi connectivity index (χ3v) is 4.71. The van der Waals surface area contributed by atoms with Crippen molar-refractivity contribution >= 4 is 5.84 Å². The van der Waals surface area contributed by atoms with Gasteiger partial charge in [0, 0.05) is 18.7 Å². The Labute approximate surface area is 155 Å². The predicted molar refractivity (Wildman–Crippen MR) is 110 cm³/mol. The number of hydrogen-bond donors (Lipinski definition) is 2. The standard InChI is InChI=1S/C22H40N2O/c1-2-3-4-5-6-7-8-9-10-11-12-13-14-16-21(17-15-20-25)22-23-18-19-24-22/h14,16-17,25H,2-13,15,18-20H2,1H3,(H,23,24). The molecular weight excluding hydrogens is 308 g/mol. The maximum Gasteiger partial charge on any atom is 0.128 e. The lowest BCUT2D eigenvalue weighted by molar-refractivity contribution is 0.302. The molecule has 0 aromatic carbocycles. The molecule has 0 amide bonds. The van der Waals surface area contributed by atoms with E-state index in [4.69, 9.17) is 5.11 Å². The van der Waals surface area contributed by atoms with Gasteiger partial charge in [-0.3, -0.25) is 4.99 Å². The molecule has 2 N–H and O–H groups in total. The van der Waals surface area contributed by atoms with Crippen molar-refractivity contribution in [2.24, 2.45) is 4.99 Å². The Morgan fingerprint density at radius 1 is 0.960 bits per heavy atom.